The molecule has 1 aliphatic rings. The Bertz CT molecular complexity index is 801. The van der Waals surface area contributed by atoms with Gasteiger partial charge in [-0.1, -0.05) is 200 Å². The van der Waals surface area contributed by atoms with Crippen LogP contribution in [0.4, 0.5) is 0 Å². The molecule has 1 heterocycles. The summed E-state index contributed by atoms with van der Waals surface area (Å²) in [5, 5.41) is 53.4. The fourth-order valence-electron chi connectivity index (χ4n) is 7.56. The van der Waals surface area contributed by atoms with Gasteiger partial charge in [-0.3, -0.25) is 4.79 Å². The molecule has 7 unspecified atom stereocenters. The molecule has 7 atom stereocenters. The van der Waals surface area contributed by atoms with Crippen molar-refractivity contribution in [3.63, 3.8) is 0 Å². The number of aliphatic hydroxyl groups is 5. The van der Waals surface area contributed by atoms with Gasteiger partial charge in [0.2, 0.25) is 5.91 Å². The second kappa shape index (κ2) is 35.6. The molecule has 0 aromatic heterocycles. The summed E-state index contributed by atoms with van der Waals surface area (Å²) in [5.41, 5.74) is 0. The average molecular weight is 758 g/mol. The highest BCUT2D eigenvalue weighted by Crippen LogP contribution is 2.23. The van der Waals surface area contributed by atoms with E-state index in [1.165, 1.54) is 167 Å². The molecule has 9 nitrogen and oxygen atoms in total. The number of nitrogens with one attached hydrogen (secondary N) is 1. The van der Waals surface area contributed by atoms with Gasteiger partial charge in [0.25, 0.3) is 0 Å². The SMILES string of the molecule is CCCCCCCCCCCCCCCCCCCCCCCCCCCCCCCC(O)C(COC1OC(CO)C(O)C(O)C1O)NC(=O)CCC. The van der Waals surface area contributed by atoms with Gasteiger partial charge in [0, 0.05) is 6.42 Å². The van der Waals surface area contributed by atoms with Crippen LogP contribution in [0.1, 0.15) is 219 Å². The van der Waals surface area contributed by atoms with E-state index in [2.05, 4.69) is 12.2 Å². The molecular formula is C44H87NO8. The molecule has 316 valence electrons. The predicted octanol–water partition coefficient (Wildman–Crippen LogP) is 9.17. The van der Waals surface area contributed by atoms with Gasteiger partial charge in [-0.15, -0.1) is 0 Å². The van der Waals surface area contributed by atoms with E-state index >= 15 is 0 Å². The van der Waals surface area contributed by atoms with E-state index in [4.69, 9.17) is 9.47 Å². The number of hydrogen-bond acceptors (Lipinski definition) is 8. The minimum Gasteiger partial charge on any atom is -0.394 e. The summed E-state index contributed by atoms with van der Waals surface area (Å²) >= 11 is 0. The van der Waals surface area contributed by atoms with Gasteiger partial charge in [0.05, 0.1) is 25.4 Å². The van der Waals surface area contributed by atoms with E-state index < -0.39 is 49.5 Å². The Morgan fingerprint density at radius 2 is 0.943 bits per heavy atom. The van der Waals surface area contributed by atoms with E-state index in [0.29, 0.717) is 19.3 Å². The van der Waals surface area contributed by atoms with Gasteiger partial charge < -0.3 is 40.3 Å². The molecule has 1 aliphatic heterocycles. The first kappa shape index (κ1) is 50.2. The highest BCUT2D eigenvalue weighted by molar-refractivity contribution is 5.76. The molecule has 1 rings (SSSR count). The van der Waals surface area contributed by atoms with Crippen molar-refractivity contribution in [1.29, 1.82) is 0 Å². The summed E-state index contributed by atoms with van der Waals surface area (Å²) in [6, 6.07) is -0.708. The quantitative estimate of drug-likeness (QED) is 0.0342. The smallest absolute Gasteiger partial charge is 0.220 e. The fraction of sp³-hybridized carbons (Fsp3) is 0.977. The number of amides is 1. The molecule has 9 heteroatoms. The van der Waals surface area contributed by atoms with Gasteiger partial charge in [0.15, 0.2) is 6.29 Å². The van der Waals surface area contributed by atoms with Gasteiger partial charge in [-0.05, 0) is 12.8 Å². The Labute approximate surface area is 325 Å². The zero-order valence-electron chi connectivity index (χ0n) is 34.5. The minimum absolute atomic E-state index is 0.140. The van der Waals surface area contributed by atoms with Crippen molar-refractivity contribution in [1.82, 2.24) is 5.32 Å². The molecule has 0 saturated carbocycles. The third-order valence-electron chi connectivity index (χ3n) is 11.2. The van der Waals surface area contributed by atoms with Crippen molar-refractivity contribution in [2.75, 3.05) is 13.2 Å². The molecule has 53 heavy (non-hydrogen) atoms. The molecule has 0 bridgehead atoms. The van der Waals surface area contributed by atoms with Crippen molar-refractivity contribution in [2.24, 2.45) is 0 Å². The molecule has 0 radical (unpaired) electrons. The molecule has 1 saturated heterocycles. The molecule has 0 aliphatic carbocycles. The molecular weight excluding hydrogens is 670 g/mol. The first-order chi connectivity index (χ1) is 25.8. The Balaban J connectivity index is 1.95. The summed E-state index contributed by atoms with van der Waals surface area (Å²) in [6.45, 7) is 3.50. The predicted molar refractivity (Wildman–Crippen MR) is 217 cm³/mol. The normalized spacial score (nSPS) is 21.5. The number of ether oxygens (including phenoxy) is 2. The maximum Gasteiger partial charge on any atom is 0.220 e. The Kier molecular flexibility index (Phi) is 33.7. The highest BCUT2D eigenvalue weighted by atomic mass is 16.7. The summed E-state index contributed by atoms with van der Waals surface area (Å²) in [5.74, 6) is -0.195. The van der Waals surface area contributed by atoms with Crippen LogP contribution in [0.15, 0.2) is 0 Å². The van der Waals surface area contributed by atoms with Crippen molar-refractivity contribution in [3.05, 3.63) is 0 Å². The van der Waals surface area contributed by atoms with E-state index in [0.717, 1.165) is 19.3 Å². The third-order valence-corrected chi connectivity index (χ3v) is 11.2. The Hall–Kier alpha value is -0.810. The molecule has 0 aromatic carbocycles. The first-order valence-electron chi connectivity index (χ1n) is 22.7. The maximum atomic E-state index is 12.3. The molecule has 0 spiro atoms. The number of aliphatic hydroxyl groups excluding tert-OH is 5. The maximum absolute atomic E-state index is 12.3. The molecule has 6 N–H and O–H groups in total. The molecule has 1 amide bonds. The van der Waals surface area contributed by atoms with E-state index in [-0.39, 0.29) is 12.5 Å². The lowest BCUT2D eigenvalue weighted by Crippen LogP contribution is -2.60. The van der Waals surface area contributed by atoms with Crippen LogP contribution >= 0.6 is 0 Å². The second-order valence-corrected chi connectivity index (χ2v) is 16.2. The Morgan fingerprint density at radius 1 is 0.566 bits per heavy atom. The summed E-state index contributed by atoms with van der Waals surface area (Å²) in [6.07, 6.45) is 33.1. The van der Waals surface area contributed by atoms with Crippen molar-refractivity contribution in [3.8, 4) is 0 Å². The van der Waals surface area contributed by atoms with Crippen LogP contribution < -0.4 is 5.32 Å². The second-order valence-electron chi connectivity index (χ2n) is 16.2. The number of rotatable bonds is 38. The lowest BCUT2D eigenvalue weighted by molar-refractivity contribution is -0.302. The lowest BCUT2D eigenvalue weighted by Gasteiger charge is -2.40. The van der Waals surface area contributed by atoms with Crippen molar-refractivity contribution in [2.45, 2.75) is 262 Å². The van der Waals surface area contributed by atoms with Crippen LogP contribution in [0.3, 0.4) is 0 Å². The van der Waals surface area contributed by atoms with Gasteiger partial charge in [-0.2, -0.15) is 0 Å². The van der Waals surface area contributed by atoms with Gasteiger partial charge >= 0.3 is 0 Å². The number of carbonyl (C=O) groups excluding carboxylic acids is 1. The first-order valence-corrected chi connectivity index (χ1v) is 22.7. The number of unbranched alkanes of at least 4 members (excludes halogenated alkanes) is 28. The minimum atomic E-state index is -1.54. The third kappa shape index (κ3) is 26.6. The lowest BCUT2D eigenvalue weighted by atomic mass is 9.99. The standard InChI is InChI=1S/C44H87NO8/c1-3-5-6-7-8-9-10-11-12-13-14-15-16-17-18-19-20-21-22-23-24-25-26-27-28-29-30-31-32-34-38(47)37(45-40(48)33-4-2)36-52-44-43(51)42(50)41(49)39(35-46)53-44/h37-39,41-44,46-47,49-51H,3-36H2,1-2H3,(H,45,48). The zero-order valence-corrected chi connectivity index (χ0v) is 34.5. The van der Waals surface area contributed by atoms with E-state index in [1.54, 1.807) is 0 Å². The molecule has 1 fully saturated rings. The van der Waals surface area contributed by atoms with Crippen LogP contribution in [0, 0.1) is 0 Å². The summed E-state index contributed by atoms with van der Waals surface area (Å²) < 4.78 is 11.1. The summed E-state index contributed by atoms with van der Waals surface area (Å²) in [7, 11) is 0. The van der Waals surface area contributed by atoms with Crippen LogP contribution in [0.5, 0.6) is 0 Å². The van der Waals surface area contributed by atoms with Crippen molar-refractivity contribution >= 4 is 5.91 Å². The fourth-order valence-corrected chi connectivity index (χ4v) is 7.56. The highest BCUT2D eigenvalue weighted by Gasteiger charge is 2.44. The average Bonchev–Trinajstić information content (AvgIpc) is 3.15. The monoisotopic (exact) mass is 758 g/mol. The van der Waals surface area contributed by atoms with E-state index in [1.807, 2.05) is 6.92 Å². The van der Waals surface area contributed by atoms with E-state index in [9.17, 15) is 30.3 Å². The van der Waals surface area contributed by atoms with Crippen LogP contribution in [0.2, 0.25) is 0 Å². The largest absolute Gasteiger partial charge is 0.394 e. The topological polar surface area (TPSA) is 149 Å². The van der Waals surface area contributed by atoms with Crippen LogP contribution in [0.25, 0.3) is 0 Å². The van der Waals surface area contributed by atoms with Crippen LogP contribution in [-0.2, 0) is 14.3 Å². The van der Waals surface area contributed by atoms with Crippen LogP contribution in [-0.4, -0.2) is 87.5 Å². The number of hydrogen-bond donors (Lipinski definition) is 6. The summed E-state index contributed by atoms with van der Waals surface area (Å²) in [4.78, 5) is 12.3. The Morgan fingerprint density at radius 3 is 1.30 bits per heavy atom. The number of carbonyl (C=O) groups is 1. The van der Waals surface area contributed by atoms with Gasteiger partial charge in [-0.25, -0.2) is 0 Å². The van der Waals surface area contributed by atoms with Crippen molar-refractivity contribution < 1.29 is 39.8 Å². The zero-order chi connectivity index (χ0) is 38.8. The van der Waals surface area contributed by atoms with Gasteiger partial charge in [0.1, 0.15) is 24.4 Å². The molecule has 0 aromatic rings.